The fourth-order valence-electron chi connectivity index (χ4n) is 7.06. The van der Waals surface area contributed by atoms with Gasteiger partial charge < -0.3 is 29.4 Å². The van der Waals surface area contributed by atoms with Crippen LogP contribution in [0.3, 0.4) is 0 Å². The molecule has 0 aliphatic carbocycles. The molecule has 1 amide bonds. The zero-order chi connectivity index (χ0) is 46.6. The van der Waals surface area contributed by atoms with E-state index in [-0.39, 0.29) is 48.2 Å². The minimum Gasteiger partial charge on any atom is -0.495 e. The van der Waals surface area contributed by atoms with Crippen molar-refractivity contribution in [1.82, 2.24) is 29.8 Å². The molecule has 0 atom stereocenters. The summed E-state index contributed by atoms with van der Waals surface area (Å²) in [6.07, 6.45) is 7.58. The van der Waals surface area contributed by atoms with Gasteiger partial charge in [0.1, 0.15) is 39.8 Å². The number of nitrogens with one attached hydrogen (secondary N) is 1. The number of amides is 1. The number of sulfone groups is 1. The zero-order valence-electron chi connectivity index (χ0n) is 34.9. The number of ether oxygens (including phenoxy) is 4. The van der Waals surface area contributed by atoms with Gasteiger partial charge in [0.25, 0.3) is 5.91 Å². The van der Waals surface area contributed by atoms with E-state index in [2.05, 4.69) is 35.1 Å². The van der Waals surface area contributed by atoms with Crippen LogP contribution in [0.5, 0.6) is 23.0 Å². The number of aromatic carboxylic acids is 1. The lowest BCUT2D eigenvalue weighted by atomic mass is 9.99. The van der Waals surface area contributed by atoms with Crippen LogP contribution in [-0.2, 0) is 16.4 Å². The monoisotopic (exact) mass is 979 g/mol. The van der Waals surface area contributed by atoms with Gasteiger partial charge in [-0.15, -0.1) is 0 Å². The Morgan fingerprint density at radius 3 is 1.48 bits per heavy atom. The number of carbonyl (C=O) groups is 2. The van der Waals surface area contributed by atoms with Gasteiger partial charge in [-0.25, -0.2) is 18.2 Å². The largest absolute Gasteiger partial charge is 0.495 e. The van der Waals surface area contributed by atoms with E-state index in [4.69, 9.17) is 65.4 Å². The SMILES string of the molecule is COc1cc(OC)c(Cl)c(-c2ccc(C(=O)Nc3ccc(CN4CCS(=O)(=O)CC4)cn3)c3nccnc23)c1Cl.COc1cc(OC)c(Cl)c(-c2ccc(C(=O)O)c3nccnc23)c1Cl. The van der Waals surface area contributed by atoms with Crippen LogP contribution in [0.1, 0.15) is 26.3 Å². The van der Waals surface area contributed by atoms with Gasteiger partial charge in [-0.2, -0.15) is 0 Å². The van der Waals surface area contributed by atoms with Crippen molar-refractivity contribution in [2.24, 2.45) is 0 Å². The highest BCUT2D eigenvalue weighted by molar-refractivity contribution is 7.91. The molecule has 1 aliphatic heterocycles. The maximum atomic E-state index is 13.3. The highest BCUT2D eigenvalue weighted by Gasteiger charge is 2.26. The van der Waals surface area contributed by atoms with E-state index in [0.29, 0.717) is 87.3 Å². The van der Waals surface area contributed by atoms with Crippen LogP contribution < -0.4 is 24.3 Å². The summed E-state index contributed by atoms with van der Waals surface area (Å²) in [5.41, 5.74) is 4.57. The van der Waals surface area contributed by atoms with Crippen molar-refractivity contribution >= 4 is 96.0 Å². The molecule has 1 fully saturated rings. The number of hydrogen-bond acceptors (Lipinski definition) is 14. The van der Waals surface area contributed by atoms with Gasteiger partial charge in [0.05, 0.1) is 82.2 Å². The molecule has 0 radical (unpaired) electrons. The fraction of sp³-hybridized carbons (Fsp3) is 0.205. The Kier molecular flexibility index (Phi) is 14.4. The first-order valence-corrected chi connectivity index (χ1v) is 22.6. The molecule has 0 spiro atoms. The lowest BCUT2D eigenvalue weighted by Gasteiger charge is -2.26. The average Bonchev–Trinajstić information content (AvgIpc) is 3.30. The summed E-state index contributed by atoms with van der Waals surface area (Å²) >= 11 is 26.2. The minimum atomic E-state index is -2.94. The number of carbonyl (C=O) groups excluding carboxylic acids is 1. The number of benzene rings is 4. The molecule has 0 unspecified atom stereocenters. The Morgan fingerprint density at radius 2 is 1.06 bits per heavy atom. The van der Waals surface area contributed by atoms with Gasteiger partial charge in [0.2, 0.25) is 0 Å². The van der Waals surface area contributed by atoms with Crippen LogP contribution in [0.2, 0.25) is 20.1 Å². The first-order valence-electron chi connectivity index (χ1n) is 19.3. The van der Waals surface area contributed by atoms with Gasteiger partial charge in [-0.05, 0) is 23.8 Å². The molecule has 4 aromatic carbocycles. The van der Waals surface area contributed by atoms with E-state index < -0.39 is 21.7 Å². The molecule has 21 heteroatoms. The Hall–Kier alpha value is -6.08. The van der Waals surface area contributed by atoms with Crippen LogP contribution in [0, 0.1) is 0 Å². The summed E-state index contributed by atoms with van der Waals surface area (Å²) < 4.78 is 44.7. The van der Waals surface area contributed by atoms with E-state index in [9.17, 15) is 23.1 Å². The maximum absolute atomic E-state index is 13.3. The number of methoxy groups -OCH3 is 4. The standard InChI is InChI=1S/C27H25Cl2N5O5S.C17H12Cl2N2O4/c1-38-19-13-20(39-2)24(29)22(23(19)28)17-4-5-18(26-25(17)30-7-8-31-26)27(35)33-21-6-3-16(14-32-21)15-34-9-11-40(36,37)12-10-34;1-24-10-7-11(25-2)14(19)12(13(10)18)8-3-4-9(17(22)23)16-15(8)20-5-6-21-16/h3-8,13-14H,9-12,15H2,1-2H3,(H,32,33,35);3-7H,1-2H3,(H,22,23). The Labute approximate surface area is 392 Å². The van der Waals surface area contributed by atoms with E-state index >= 15 is 0 Å². The molecule has 336 valence electrons. The summed E-state index contributed by atoms with van der Waals surface area (Å²) in [5, 5.41) is 13.2. The van der Waals surface area contributed by atoms with Crippen molar-refractivity contribution in [3.05, 3.63) is 116 Å². The number of halogens is 4. The summed E-state index contributed by atoms with van der Waals surface area (Å²) in [4.78, 5) is 48.5. The van der Waals surface area contributed by atoms with Gasteiger partial charge in [-0.1, -0.05) is 64.6 Å². The predicted molar refractivity (Wildman–Crippen MR) is 249 cm³/mol. The minimum absolute atomic E-state index is 0.0361. The zero-order valence-corrected chi connectivity index (χ0v) is 38.7. The molecular weight excluding hydrogens is 944 g/mol. The van der Waals surface area contributed by atoms with E-state index in [1.165, 1.54) is 59.3 Å². The molecule has 1 saturated heterocycles. The molecule has 0 bridgehead atoms. The van der Waals surface area contributed by atoms with Crippen molar-refractivity contribution in [3.63, 3.8) is 0 Å². The number of carboxylic acids is 1. The number of pyridine rings is 1. The third kappa shape index (κ3) is 9.80. The first-order chi connectivity index (χ1) is 31.2. The lowest BCUT2D eigenvalue weighted by Crippen LogP contribution is -2.39. The Bertz CT molecular complexity index is 3020. The maximum Gasteiger partial charge on any atom is 0.337 e. The van der Waals surface area contributed by atoms with Crippen LogP contribution in [0.4, 0.5) is 5.82 Å². The summed E-state index contributed by atoms with van der Waals surface area (Å²) in [6, 6.07) is 13.1. The highest BCUT2D eigenvalue weighted by Crippen LogP contribution is 2.49. The number of aromatic nitrogens is 5. The smallest absolute Gasteiger partial charge is 0.337 e. The Morgan fingerprint density at radius 1 is 0.631 bits per heavy atom. The molecule has 1 aliphatic rings. The second-order valence-corrected chi connectivity index (χ2v) is 18.0. The number of hydrogen-bond donors (Lipinski definition) is 2. The number of carboxylic acid groups (broad SMARTS) is 1. The number of nitrogens with zero attached hydrogens (tertiary/aromatic N) is 6. The van der Waals surface area contributed by atoms with Gasteiger partial charge in [0.15, 0.2) is 9.84 Å². The van der Waals surface area contributed by atoms with Crippen LogP contribution >= 0.6 is 46.4 Å². The summed E-state index contributed by atoms with van der Waals surface area (Å²) in [5.74, 6) is 0.654. The van der Waals surface area contributed by atoms with Crippen LogP contribution in [0.15, 0.2) is 79.5 Å². The molecule has 8 rings (SSSR count). The van der Waals surface area contributed by atoms with Crippen molar-refractivity contribution in [1.29, 1.82) is 0 Å². The van der Waals surface area contributed by atoms with Crippen molar-refractivity contribution in [2.75, 3.05) is 58.4 Å². The second kappa shape index (κ2) is 20.0. The normalized spacial score (nSPS) is 13.4. The van der Waals surface area contributed by atoms with Crippen molar-refractivity contribution in [3.8, 4) is 45.3 Å². The number of rotatable bonds is 11. The van der Waals surface area contributed by atoms with Gasteiger partial charge in [0, 0.05) is 85.0 Å². The molecular formula is C44H37Cl4N7O9S. The molecule has 7 aromatic rings. The highest BCUT2D eigenvalue weighted by atomic mass is 35.5. The summed E-state index contributed by atoms with van der Waals surface area (Å²) in [6.45, 7) is 1.56. The fourth-order valence-corrected chi connectivity index (χ4v) is 9.74. The molecule has 3 aromatic heterocycles. The van der Waals surface area contributed by atoms with Gasteiger partial charge in [-0.3, -0.25) is 29.6 Å². The predicted octanol–water partition coefficient (Wildman–Crippen LogP) is 8.82. The average molecular weight is 982 g/mol. The Balaban J connectivity index is 0.000000216. The molecule has 0 saturated carbocycles. The topological polar surface area (TPSA) is 205 Å². The molecule has 2 N–H and O–H groups in total. The third-order valence-corrected chi connectivity index (χ3v) is 13.4. The van der Waals surface area contributed by atoms with Gasteiger partial charge >= 0.3 is 5.97 Å². The van der Waals surface area contributed by atoms with E-state index in [0.717, 1.165) is 5.56 Å². The molecule has 4 heterocycles. The number of anilines is 1. The van der Waals surface area contributed by atoms with Crippen LogP contribution in [0.25, 0.3) is 44.3 Å². The van der Waals surface area contributed by atoms with Crippen LogP contribution in [-0.4, -0.2) is 108 Å². The number of fused-ring (bicyclic) bond motifs is 2. The van der Waals surface area contributed by atoms with Crippen molar-refractivity contribution < 1.29 is 42.1 Å². The molecule has 65 heavy (non-hydrogen) atoms. The van der Waals surface area contributed by atoms with E-state index in [1.807, 2.05) is 6.07 Å². The van der Waals surface area contributed by atoms with E-state index in [1.54, 1.807) is 42.6 Å². The first kappa shape index (κ1) is 46.9. The van der Waals surface area contributed by atoms with Crippen molar-refractivity contribution in [2.45, 2.75) is 6.54 Å². The second-order valence-electron chi connectivity index (χ2n) is 14.1. The summed E-state index contributed by atoms with van der Waals surface area (Å²) in [7, 11) is 2.99. The quantitative estimate of drug-likeness (QED) is 0.124. The molecule has 16 nitrogen and oxygen atoms in total. The third-order valence-electron chi connectivity index (χ3n) is 10.3. The lowest BCUT2D eigenvalue weighted by molar-refractivity contribution is 0.0698.